The van der Waals surface area contributed by atoms with Gasteiger partial charge in [-0.2, -0.15) is 0 Å². The molecule has 1 aliphatic rings. The van der Waals surface area contributed by atoms with E-state index in [4.69, 9.17) is 4.74 Å². The minimum Gasteiger partial charge on any atom is -0.383 e. The van der Waals surface area contributed by atoms with Gasteiger partial charge in [0.1, 0.15) is 0 Å². The van der Waals surface area contributed by atoms with Crippen molar-refractivity contribution in [2.24, 2.45) is 0 Å². The molecule has 1 rings (SSSR count). The third-order valence-electron chi connectivity index (χ3n) is 2.14. The van der Waals surface area contributed by atoms with Crippen molar-refractivity contribution in [3.05, 3.63) is 12.3 Å². The maximum Gasteiger partial charge on any atom is 0.0636 e. The first kappa shape index (κ1) is 9.55. The summed E-state index contributed by atoms with van der Waals surface area (Å²) in [6.07, 6.45) is 6.47. The van der Waals surface area contributed by atoms with Crippen molar-refractivity contribution in [2.45, 2.75) is 25.8 Å². The Kier molecular flexibility index (Phi) is 4.11. The first-order valence-corrected chi connectivity index (χ1v) is 4.51. The van der Waals surface area contributed by atoms with Gasteiger partial charge < -0.3 is 10.2 Å². The van der Waals surface area contributed by atoms with Gasteiger partial charge in [-0.25, -0.2) is 5.01 Å². The molecule has 0 radical (unpaired) electrons. The summed E-state index contributed by atoms with van der Waals surface area (Å²) in [5.41, 5.74) is 3.24. The number of nitrogens with one attached hydrogen (secondary N) is 1. The molecular weight excluding hydrogens is 152 g/mol. The quantitative estimate of drug-likeness (QED) is 0.684. The van der Waals surface area contributed by atoms with Gasteiger partial charge in [-0.05, 0) is 19.8 Å². The van der Waals surface area contributed by atoms with Gasteiger partial charge in [0.05, 0.1) is 12.6 Å². The Hall–Kier alpha value is -0.540. The molecule has 70 valence electrons. The van der Waals surface area contributed by atoms with Gasteiger partial charge in [0.2, 0.25) is 0 Å². The van der Waals surface area contributed by atoms with Crippen LogP contribution in [0, 0.1) is 0 Å². The molecule has 0 bridgehead atoms. The lowest BCUT2D eigenvalue weighted by Crippen LogP contribution is -2.40. The fraction of sp³-hybridized carbons (Fsp3) is 0.778. The van der Waals surface area contributed by atoms with E-state index in [0.29, 0.717) is 6.04 Å². The summed E-state index contributed by atoms with van der Waals surface area (Å²) in [4.78, 5) is 0. The van der Waals surface area contributed by atoms with Gasteiger partial charge in [0.15, 0.2) is 0 Å². The van der Waals surface area contributed by atoms with Crippen LogP contribution >= 0.6 is 0 Å². The van der Waals surface area contributed by atoms with E-state index in [9.17, 15) is 0 Å². The van der Waals surface area contributed by atoms with Gasteiger partial charge in [-0.3, -0.25) is 0 Å². The summed E-state index contributed by atoms with van der Waals surface area (Å²) in [5, 5.41) is 2.24. The highest BCUT2D eigenvalue weighted by molar-refractivity contribution is 4.81. The molecule has 3 nitrogen and oxygen atoms in total. The molecule has 0 aromatic heterocycles. The lowest BCUT2D eigenvalue weighted by atomic mass is 10.2. The molecule has 1 heterocycles. The monoisotopic (exact) mass is 170 g/mol. The molecular formula is C9H18N2O. The van der Waals surface area contributed by atoms with Crippen LogP contribution in [0.2, 0.25) is 0 Å². The number of hydrogen-bond donors (Lipinski definition) is 1. The van der Waals surface area contributed by atoms with Crippen molar-refractivity contribution in [3.63, 3.8) is 0 Å². The molecule has 0 spiro atoms. The van der Waals surface area contributed by atoms with Crippen LogP contribution in [-0.4, -0.2) is 31.3 Å². The predicted octanol–water partition coefficient (Wildman–Crippen LogP) is 1.14. The molecule has 0 unspecified atom stereocenters. The molecule has 1 atom stereocenters. The van der Waals surface area contributed by atoms with Crippen LogP contribution in [0.4, 0.5) is 0 Å². The van der Waals surface area contributed by atoms with E-state index in [1.165, 1.54) is 12.8 Å². The van der Waals surface area contributed by atoms with Crippen LogP contribution in [0.3, 0.4) is 0 Å². The average molecular weight is 170 g/mol. The summed E-state index contributed by atoms with van der Waals surface area (Å²) in [5.74, 6) is 0. The van der Waals surface area contributed by atoms with Gasteiger partial charge in [-0.1, -0.05) is 6.08 Å². The van der Waals surface area contributed by atoms with Gasteiger partial charge >= 0.3 is 0 Å². The van der Waals surface area contributed by atoms with E-state index >= 15 is 0 Å². The maximum atomic E-state index is 5.13. The van der Waals surface area contributed by atoms with Crippen LogP contribution in [-0.2, 0) is 4.74 Å². The largest absolute Gasteiger partial charge is 0.383 e. The second-order valence-electron chi connectivity index (χ2n) is 3.07. The fourth-order valence-electron chi connectivity index (χ4n) is 1.54. The fourth-order valence-corrected chi connectivity index (χ4v) is 1.54. The number of rotatable bonds is 4. The lowest BCUT2D eigenvalue weighted by Gasteiger charge is -2.23. The first-order chi connectivity index (χ1) is 5.88. The zero-order valence-corrected chi connectivity index (χ0v) is 7.92. The number of methoxy groups -OCH3 is 1. The zero-order valence-electron chi connectivity index (χ0n) is 7.92. The summed E-state index contributed by atoms with van der Waals surface area (Å²) >= 11 is 0. The topological polar surface area (TPSA) is 24.5 Å². The summed E-state index contributed by atoms with van der Waals surface area (Å²) in [6.45, 7) is 3.96. The summed E-state index contributed by atoms with van der Waals surface area (Å²) in [7, 11) is 1.76. The molecule has 0 amide bonds. The van der Waals surface area contributed by atoms with E-state index in [1.807, 2.05) is 19.2 Å². The number of ether oxygens (including phenoxy) is 1. The Morgan fingerprint density at radius 3 is 3.17 bits per heavy atom. The van der Waals surface area contributed by atoms with E-state index in [-0.39, 0.29) is 0 Å². The van der Waals surface area contributed by atoms with E-state index in [0.717, 1.165) is 13.2 Å². The second kappa shape index (κ2) is 5.17. The van der Waals surface area contributed by atoms with Gasteiger partial charge in [0.25, 0.3) is 0 Å². The van der Waals surface area contributed by atoms with Crippen LogP contribution in [0.5, 0.6) is 0 Å². The molecule has 1 N–H and O–H groups in total. The summed E-state index contributed by atoms with van der Waals surface area (Å²) < 4.78 is 5.13. The molecule has 0 aromatic rings. The second-order valence-corrected chi connectivity index (χ2v) is 3.07. The van der Waals surface area contributed by atoms with Crippen LogP contribution in [0.15, 0.2) is 12.3 Å². The number of hydrazine groups is 1. The van der Waals surface area contributed by atoms with Crippen molar-refractivity contribution < 1.29 is 4.74 Å². The van der Waals surface area contributed by atoms with Crippen molar-refractivity contribution in [2.75, 3.05) is 20.3 Å². The Bertz CT molecular complexity index is 147. The van der Waals surface area contributed by atoms with E-state index in [1.54, 1.807) is 7.11 Å². The zero-order chi connectivity index (χ0) is 8.81. The van der Waals surface area contributed by atoms with Crippen molar-refractivity contribution >= 4 is 0 Å². The van der Waals surface area contributed by atoms with Crippen LogP contribution < -0.4 is 5.43 Å². The average Bonchev–Trinajstić information content (AvgIpc) is 2.50. The lowest BCUT2D eigenvalue weighted by molar-refractivity contribution is 0.0960. The Labute approximate surface area is 74.4 Å². The number of hydrogen-bond acceptors (Lipinski definition) is 3. The van der Waals surface area contributed by atoms with E-state index < -0.39 is 0 Å². The minimum atomic E-state index is 0.547. The third-order valence-corrected chi connectivity index (χ3v) is 2.14. The van der Waals surface area contributed by atoms with E-state index in [2.05, 4.69) is 10.4 Å². The molecule has 3 heteroatoms. The summed E-state index contributed by atoms with van der Waals surface area (Å²) in [6, 6.07) is 0.547. The number of allylic oxidation sites excluding steroid dienone is 1. The van der Waals surface area contributed by atoms with Crippen molar-refractivity contribution in [1.82, 2.24) is 10.4 Å². The maximum absolute atomic E-state index is 5.13. The predicted molar refractivity (Wildman–Crippen MR) is 49.6 cm³/mol. The third kappa shape index (κ3) is 2.50. The van der Waals surface area contributed by atoms with Crippen molar-refractivity contribution in [1.29, 1.82) is 0 Å². The smallest absolute Gasteiger partial charge is 0.0636 e. The molecule has 0 aliphatic carbocycles. The molecule has 0 saturated carbocycles. The molecule has 1 aliphatic heterocycles. The van der Waals surface area contributed by atoms with Crippen molar-refractivity contribution in [3.8, 4) is 0 Å². The highest BCUT2D eigenvalue weighted by atomic mass is 16.5. The molecule has 12 heavy (non-hydrogen) atoms. The molecule has 0 aromatic carbocycles. The highest BCUT2D eigenvalue weighted by Gasteiger charge is 2.22. The van der Waals surface area contributed by atoms with Gasteiger partial charge in [0, 0.05) is 19.9 Å². The van der Waals surface area contributed by atoms with Gasteiger partial charge in [-0.15, -0.1) is 0 Å². The Morgan fingerprint density at radius 1 is 1.67 bits per heavy atom. The molecule has 1 fully saturated rings. The normalized spacial score (nSPS) is 25.3. The standard InChI is InChI=1S/C9H18N2O/c1-3-6-10-11-7-4-5-9(11)8-12-2/h3,6,9-10H,4-5,7-8H2,1-2H3/b6-3+/t9-/m0/s1. The van der Waals surface area contributed by atoms with Crippen LogP contribution in [0.25, 0.3) is 0 Å². The minimum absolute atomic E-state index is 0.547. The number of nitrogens with zero attached hydrogens (tertiary/aromatic N) is 1. The van der Waals surface area contributed by atoms with Crippen LogP contribution in [0.1, 0.15) is 19.8 Å². The highest BCUT2D eigenvalue weighted by Crippen LogP contribution is 2.14. The Balaban J connectivity index is 2.30. The Morgan fingerprint density at radius 2 is 2.50 bits per heavy atom. The SMILES string of the molecule is C/C=C/NN1CCC[C@H]1COC. The molecule has 1 saturated heterocycles. The first-order valence-electron chi connectivity index (χ1n) is 4.51.